The van der Waals surface area contributed by atoms with Gasteiger partial charge in [0.2, 0.25) is 5.88 Å². The average molecular weight is 537 g/mol. The number of halogens is 1. The number of carbonyl (C=O) groups is 1. The van der Waals surface area contributed by atoms with E-state index in [9.17, 15) is 14.4 Å². The molecule has 1 aliphatic rings. The number of esters is 1. The Balaban J connectivity index is 1.35. The first-order valence-electron chi connectivity index (χ1n) is 12.5. The van der Waals surface area contributed by atoms with Gasteiger partial charge in [-0.15, -0.1) is 0 Å². The predicted molar refractivity (Wildman–Crippen MR) is 145 cm³/mol. The molecule has 1 atom stereocenters. The molecule has 0 saturated heterocycles. The van der Waals surface area contributed by atoms with Crippen LogP contribution in [0.3, 0.4) is 0 Å². The molecular formula is C32H25FN2O5. The van der Waals surface area contributed by atoms with Crippen LogP contribution in [0.5, 0.6) is 23.0 Å². The minimum Gasteiger partial charge on any atom is -0.489 e. The monoisotopic (exact) mass is 536 g/mol. The van der Waals surface area contributed by atoms with Crippen molar-refractivity contribution in [2.75, 3.05) is 6.61 Å². The van der Waals surface area contributed by atoms with Gasteiger partial charge in [-0.25, -0.2) is 9.18 Å². The summed E-state index contributed by atoms with van der Waals surface area (Å²) in [4.78, 5) is 12.4. The number of aryl methyl sites for hydroxylation is 1. The van der Waals surface area contributed by atoms with Crippen LogP contribution >= 0.6 is 0 Å². The van der Waals surface area contributed by atoms with Gasteiger partial charge in [0, 0.05) is 17.2 Å². The third kappa shape index (κ3) is 5.74. The summed E-state index contributed by atoms with van der Waals surface area (Å²) < 4.78 is 36.6. The zero-order valence-corrected chi connectivity index (χ0v) is 21.6. The maximum atomic E-state index is 14.0. The Morgan fingerprint density at radius 2 is 1.77 bits per heavy atom. The predicted octanol–water partition coefficient (Wildman–Crippen LogP) is 5.92. The van der Waals surface area contributed by atoms with Gasteiger partial charge in [0.25, 0.3) is 0 Å². The summed E-state index contributed by atoms with van der Waals surface area (Å²) in [6, 6.07) is 28.0. The summed E-state index contributed by atoms with van der Waals surface area (Å²) >= 11 is 0. The van der Waals surface area contributed by atoms with Gasteiger partial charge in [-0.2, -0.15) is 5.26 Å². The van der Waals surface area contributed by atoms with Gasteiger partial charge in [0.1, 0.15) is 47.1 Å². The lowest BCUT2D eigenvalue weighted by Crippen LogP contribution is -2.22. The Hall–Kier alpha value is -5.29. The highest BCUT2D eigenvalue weighted by molar-refractivity contribution is 5.74. The molecule has 7 nitrogen and oxygen atoms in total. The molecule has 5 rings (SSSR count). The Morgan fingerprint density at radius 1 is 0.975 bits per heavy atom. The normalized spacial score (nSPS) is 14.0. The van der Waals surface area contributed by atoms with Crippen molar-refractivity contribution in [2.24, 2.45) is 5.73 Å². The summed E-state index contributed by atoms with van der Waals surface area (Å²) in [7, 11) is 0. The molecular weight excluding hydrogens is 511 g/mol. The van der Waals surface area contributed by atoms with Crippen molar-refractivity contribution < 1.29 is 28.1 Å². The highest BCUT2D eigenvalue weighted by atomic mass is 19.1. The van der Waals surface area contributed by atoms with E-state index < -0.39 is 11.9 Å². The van der Waals surface area contributed by atoms with Gasteiger partial charge in [0.15, 0.2) is 6.61 Å². The molecule has 4 aromatic carbocycles. The van der Waals surface area contributed by atoms with Crippen molar-refractivity contribution in [1.29, 1.82) is 5.26 Å². The minimum atomic E-state index is -0.587. The lowest BCUT2D eigenvalue weighted by Gasteiger charge is -2.27. The van der Waals surface area contributed by atoms with Gasteiger partial charge in [0.05, 0.1) is 5.92 Å². The van der Waals surface area contributed by atoms with Crippen molar-refractivity contribution in [3.8, 4) is 29.1 Å². The van der Waals surface area contributed by atoms with Gasteiger partial charge in [-0.3, -0.25) is 0 Å². The highest BCUT2D eigenvalue weighted by Gasteiger charge is 2.31. The number of nitrogens with two attached hydrogens (primary N) is 1. The highest BCUT2D eigenvalue weighted by Crippen LogP contribution is 2.44. The average Bonchev–Trinajstić information content (AvgIpc) is 2.95. The number of ether oxygens (including phenoxy) is 4. The number of fused-ring (bicyclic) bond motifs is 1. The van der Waals surface area contributed by atoms with Crippen molar-refractivity contribution in [3.63, 3.8) is 0 Å². The molecule has 0 saturated carbocycles. The second kappa shape index (κ2) is 11.6. The quantitative estimate of drug-likeness (QED) is 0.220. The Labute approximate surface area is 230 Å². The van der Waals surface area contributed by atoms with Crippen LogP contribution in [0, 0.1) is 24.1 Å². The number of nitrogens with zero attached hydrogens (tertiary/aromatic N) is 1. The van der Waals surface area contributed by atoms with Crippen molar-refractivity contribution >= 4 is 5.97 Å². The molecule has 4 aromatic rings. The second-order valence-electron chi connectivity index (χ2n) is 9.11. The second-order valence-corrected chi connectivity index (χ2v) is 9.11. The summed E-state index contributed by atoms with van der Waals surface area (Å²) in [5.41, 5.74) is 9.09. The van der Waals surface area contributed by atoms with Crippen LogP contribution < -0.4 is 24.7 Å². The summed E-state index contributed by atoms with van der Waals surface area (Å²) in [5, 5.41) is 9.89. The number of benzene rings is 4. The smallest absolute Gasteiger partial charge is 0.349 e. The standard InChI is InChI=1S/C32H25FN2O5/c1-20-7-2-5-12-28(20)38-19-30(36)39-24-13-14-25-29(16-24)40-32(35)26(17-34)31(25)21-9-6-10-23(15-21)37-18-22-8-3-4-11-27(22)33/h2-16,31H,18-19,35H2,1H3. The number of carbonyl (C=O) groups excluding carboxylic acids is 1. The van der Waals surface area contributed by atoms with Crippen LogP contribution in [0.25, 0.3) is 0 Å². The number of hydrogen-bond donors (Lipinski definition) is 1. The first-order valence-corrected chi connectivity index (χ1v) is 12.5. The fourth-order valence-corrected chi connectivity index (χ4v) is 4.42. The van der Waals surface area contributed by atoms with Crippen molar-refractivity contribution in [1.82, 2.24) is 0 Å². The molecule has 0 fully saturated rings. The maximum Gasteiger partial charge on any atom is 0.349 e. The van der Waals surface area contributed by atoms with Crippen LogP contribution in [0.15, 0.2) is 102 Å². The fraction of sp³-hybridized carbons (Fsp3) is 0.125. The Bertz CT molecular complexity index is 1640. The topological polar surface area (TPSA) is 104 Å². The van der Waals surface area contributed by atoms with E-state index in [1.807, 2.05) is 31.2 Å². The molecule has 1 aliphatic heterocycles. The molecule has 40 heavy (non-hydrogen) atoms. The lowest BCUT2D eigenvalue weighted by molar-refractivity contribution is -0.136. The molecule has 0 bridgehead atoms. The van der Waals surface area contributed by atoms with E-state index in [0.717, 1.165) is 11.1 Å². The van der Waals surface area contributed by atoms with Crippen molar-refractivity contribution in [2.45, 2.75) is 19.4 Å². The van der Waals surface area contributed by atoms with Crippen LogP contribution in [-0.4, -0.2) is 12.6 Å². The molecule has 0 aliphatic carbocycles. The van der Waals surface area contributed by atoms with E-state index in [2.05, 4.69) is 6.07 Å². The van der Waals surface area contributed by atoms with Crippen molar-refractivity contribution in [3.05, 3.63) is 131 Å². The maximum absolute atomic E-state index is 14.0. The summed E-state index contributed by atoms with van der Waals surface area (Å²) in [6.07, 6.45) is 0. The Morgan fingerprint density at radius 3 is 2.58 bits per heavy atom. The van der Waals surface area contributed by atoms with E-state index in [-0.39, 0.29) is 36.2 Å². The van der Waals surface area contributed by atoms with E-state index >= 15 is 0 Å². The van der Waals surface area contributed by atoms with E-state index in [4.69, 9.17) is 24.7 Å². The molecule has 2 N–H and O–H groups in total. The number of nitriles is 1. The molecule has 1 heterocycles. The van der Waals surface area contributed by atoms with Gasteiger partial charge < -0.3 is 24.7 Å². The zero-order valence-electron chi connectivity index (χ0n) is 21.6. The van der Waals surface area contributed by atoms with Crippen LogP contribution in [0.2, 0.25) is 0 Å². The molecule has 1 unspecified atom stereocenters. The molecule has 0 radical (unpaired) electrons. The first kappa shape index (κ1) is 26.3. The fourth-order valence-electron chi connectivity index (χ4n) is 4.42. The number of allylic oxidation sites excluding steroid dienone is 1. The lowest BCUT2D eigenvalue weighted by atomic mass is 9.83. The number of para-hydroxylation sites is 1. The minimum absolute atomic E-state index is 0.0475. The molecule has 0 spiro atoms. The zero-order chi connectivity index (χ0) is 28.1. The molecule has 0 aromatic heterocycles. The number of hydrogen-bond acceptors (Lipinski definition) is 7. The third-order valence-electron chi connectivity index (χ3n) is 6.40. The van der Waals surface area contributed by atoms with Gasteiger partial charge >= 0.3 is 5.97 Å². The molecule has 200 valence electrons. The van der Waals surface area contributed by atoms with E-state index in [0.29, 0.717) is 28.4 Å². The first-order chi connectivity index (χ1) is 19.4. The SMILES string of the molecule is Cc1ccccc1OCC(=O)Oc1ccc2c(c1)OC(N)=C(C#N)C2c1cccc(OCc2ccccc2F)c1. The summed E-state index contributed by atoms with van der Waals surface area (Å²) in [5.74, 6) is 0.149. The van der Waals surface area contributed by atoms with E-state index in [1.165, 1.54) is 6.07 Å². The molecule has 0 amide bonds. The largest absolute Gasteiger partial charge is 0.489 e. The van der Waals surface area contributed by atoms with Gasteiger partial charge in [-0.05, 0) is 48.4 Å². The number of rotatable bonds is 8. The van der Waals surface area contributed by atoms with Crippen LogP contribution in [-0.2, 0) is 11.4 Å². The van der Waals surface area contributed by atoms with Crippen LogP contribution in [0.4, 0.5) is 4.39 Å². The third-order valence-corrected chi connectivity index (χ3v) is 6.40. The van der Waals surface area contributed by atoms with E-state index in [1.54, 1.807) is 60.7 Å². The van der Waals surface area contributed by atoms with Crippen LogP contribution in [0.1, 0.15) is 28.2 Å². The molecule has 8 heteroatoms. The summed E-state index contributed by atoms with van der Waals surface area (Å²) in [6.45, 7) is 1.66. The Kier molecular flexibility index (Phi) is 7.65. The van der Waals surface area contributed by atoms with Gasteiger partial charge in [-0.1, -0.05) is 54.6 Å².